The maximum absolute atomic E-state index is 12.3. The van der Waals surface area contributed by atoms with Crippen LogP contribution in [0, 0.1) is 6.92 Å². The van der Waals surface area contributed by atoms with Gasteiger partial charge in [0.2, 0.25) is 15.9 Å². The Morgan fingerprint density at radius 2 is 2.05 bits per heavy atom. The van der Waals surface area contributed by atoms with E-state index in [0.29, 0.717) is 37.6 Å². The van der Waals surface area contributed by atoms with Crippen LogP contribution >= 0.6 is 0 Å². The summed E-state index contributed by atoms with van der Waals surface area (Å²) in [5, 5.41) is 0. The summed E-state index contributed by atoms with van der Waals surface area (Å²) in [4.78, 5) is 13.7. The first kappa shape index (κ1) is 16.7. The number of nitrogens with zero attached hydrogens (tertiary/aromatic N) is 1. The molecule has 1 saturated heterocycles. The predicted octanol–water partition coefficient (Wildman–Crippen LogP) is 0.141. The molecule has 1 amide bonds. The molecular weight excluding hydrogens is 308 g/mol. The zero-order valence-corrected chi connectivity index (χ0v) is 13.5. The molecule has 22 heavy (non-hydrogen) atoms. The number of carbonyl (C=O) groups is 1. The molecule has 0 radical (unpaired) electrons. The van der Waals surface area contributed by atoms with Gasteiger partial charge in [-0.2, -0.15) is 0 Å². The van der Waals surface area contributed by atoms with E-state index in [1.165, 1.54) is 13.2 Å². The highest BCUT2D eigenvalue weighted by Gasteiger charge is 2.21. The molecule has 0 bridgehead atoms. The second-order valence-electron chi connectivity index (χ2n) is 4.95. The molecule has 0 spiro atoms. The molecule has 0 atom stereocenters. The number of hydrogen-bond donors (Lipinski definition) is 1. The van der Waals surface area contributed by atoms with Crippen molar-refractivity contribution in [2.75, 3.05) is 40.0 Å². The summed E-state index contributed by atoms with van der Waals surface area (Å²) in [5.41, 5.74) is 0.561. The van der Waals surface area contributed by atoms with Gasteiger partial charge in [-0.25, -0.2) is 13.1 Å². The smallest absolute Gasteiger partial charge is 0.241 e. The third-order valence-corrected chi connectivity index (χ3v) is 5.01. The maximum atomic E-state index is 12.3. The summed E-state index contributed by atoms with van der Waals surface area (Å²) in [6.45, 7) is 3.37. The summed E-state index contributed by atoms with van der Waals surface area (Å²) in [6.07, 6.45) is 0. The highest BCUT2D eigenvalue weighted by Crippen LogP contribution is 2.20. The van der Waals surface area contributed by atoms with Crippen molar-refractivity contribution in [1.82, 2.24) is 9.62 Å². The van der Waals surface area contributed by atoms with Crippen LogP contribution < -0.4 is 9.46 Å². The van der Waals surface area contributed by atoms with Gasteiger partial charge in [0, 0.05) is 13.1 Å². The number of aryl methyl sites for hydroxylation is 1. The molecule has 122 valence electrons. The van der Waals surface area contributed by atoms with E-state index in [9.17, 15) is 13.2 Å². The van der Waals surface area contributed by atoms with Crippen LogP contribution in [0.3, 0.4) is 0 Å². The van der Waals surface area contributed by atoms with E-state index in [1.807, 2.05) is 0 Å². The van der Waals surface area contributed by atoms with Crippen LogP contribution in [0.15, 0.2) is 23.1 Å². The molecule has 2 rings (SSSR count). The molecule has 1 heterocycles. The Bertz CT molecular complexity index is 639. The first-order valence-electron chi connectivity index (χ1n) is 6.94. The molecule has 0 aromatic heterocycles. The fourth-order valence-electron chi connectivity index (χ4n) is 2.21. The standard InChI is InChI=1S/C14H20N2O5S/c1-11-9-12(20-2)3-4-13(11)22(18,19)15-10-14(17)16-5-7-21-8-6-16/h3-4,9,15H,5-8,10H2,1-2H3. The third-order valence-electron chi connectivity index (χ3n) is 3.45. The third kappa shape index (κ3) is 3.96. The highest BCUT2D eigenvalue weighted by molar-refractivity contribution is 7.89. The van der Waals surface area contributed by atoms with Crippen molar-refractivity contribution in [2.24, 2.45) is 0 Å². The van der Waals surface area contributed by atoms with Crippen LogP contribution in [0.5, 0.6) is 5.75 Å². The number of morpholine rings is 1. The van der Waals surface area contributed by atoms with Crippen molar-refractivity contribution in [2.45, 2.75) is 11.8 Å². The number of nitrogens with one attached hydrogen (secondary N) is 1. The van der Waals surface area contributed by atoms with Crippen LogP contribution in [0.1, 0.15) is 5.56 Å². The normalized spacial score (nSPS) is 15.6. The number of ether oxygens (including phenoxy) is 2. The van der Waals surface area contributed by atoms with Gasteiger partial charge in [0.05, 0.1) is 31.8 Å². The highest BCUT2D eigenvalue weighted by atomic mass is 32.2. The molecule has 0 unspecified atom stereocenters. The molecule has 1 aromatic carbocycles. The minimum Gasteiger partial charge on any atom is -0.497 e. The number of rotatable bonds is 5. The SMILES string of the molecule is COc1ccc(S(=O)(=O)NCC(=O)N2CCOCC2)c(C)c1. The Kier molecular flexibility index (Phi) is 5.38. The van der Waals surface area contributed by atoms with Crippen molar-refractivity contribution in [3.8, 4) is 5.75 Å². The molecule has 0 aliphatic carbocycles. The number of methoxy groups -OCH3 is 1. The average molecular weight is 328 g/mol. The van der Waals surface area contributed by atoms with Gasteiger partial charge >= 0.3 is 0 Å². The van der Waals surface area contributed by atoms with Gasteiger partial charge in [0.1, 0.15) is 5.75 Å². The lowest BCUT2D eigenvalue weighted by Gasteiger charge is -2.26. The minimum atomic E-state index is -3.73. The van der Waals surface area contributed by atoms with Gasteiger partial charge < -0.3 is 14.4 Å². The van der Waals surface area contributed by atoms with E-state index in [2.05, 4.69) is 4.72 Å². The summed E-state index contributed by atoms with van der Waals surface area (Å²) in [5.74, 6) is 0.332. The van der Waals surface area contributed by atoms with Crippen molar-refractivity contribution in [1.29, 1.82) is 0 Å². The number of amides is 1. The summed E-state index contributed by atoms with van der Waals surface area (Å²) in [6, 6.07) is 4.68. The Morgan fingerprint density at radius 3 is 2.64 bits per heavy atom. The zero-order valence-electron chi connectivity index (χ0n) is 12.7. The summed E-state index contributed by atoms with van der Waals surface area (Å²) in [7, 11) is -2.22. The molecule has 0 saturated carbocycles. The Labute approximate surface area is 130 Å². The van der Waals surface area contributed by atoms with Gasteiger partial charge in [0.15, 0.2) is 0 Å². The minimum absolute atomic E-state index is 0.142. The van der Waals surface area contributed by atoms with E-state index in [1.54, 1.807) is 24.0 Å². The van der Waals surface area contributed by atoms with Gasteiger partial charge in [-0.05, 0) is 30.7 Å². The van der Waals surface area contributed by atoms with Crippen LogP contribution in [0.4, 0.5) is 0 Å². The van der Waals surface area contributed by atoms with E-state index < -0.39 is 10.0 Å². The molecule has 1 aliphatic rings. The summed E-state index contributed by atoms with van der Waals surface area (Å²) >= 11 is 0. The maximum Gasteiger partial charge on any atom is 0.241 e. The van der Waals surface area contributed by atoms with Crippen molar-refractivity contribution >= 4 is 15.9 Å². The zero-order chi connectivity index (χ0) is 16.2. The van der Waals surface area contributed by atoms with Gasteiger partial charge in [-0.1, -0.05) is 0 Å². The molecule has 1 fully saturated rings. The lowest BCUT2D eigenvalue weighted by atomic mass is 10.2. The average Bonchev–Trinajstić information content (AvgIpc) is 2.53. The van der Waals surface area contributed by atoms with Crippen LogP contribution in [0.2, 0.25) is 0 Å². The number of sulfonamides is 1. The van der Waals surface area contributed by atoms with Gasteiger partial charge in [0.25, 0.3) is 0 Å². The summed E-state index contributed by atoms with van der Waals surface area (Å²) < 4.78 is 37.1. The topological polar surface area (TPSA) is 84.9 Å². The fourth-order valence-corrected chi connectivity index (χ4v) is 3.41. The van der Waals surface area contributed by atoms with E-state index in [-0.39, 0.29) is 17.3 Å². The fraction of sp³-hybridized carbons (Fsp3) is 0.500. The largest absolute Gasteiger partial charge is 0.497 e. The molecule has 7 nitrogen and oxygen atoms in total. The van der Waals surface area contributed by atoms with E-state index in [0.717, 1.165) is 0 Å². The monoisotopic (exact) mass is 328 g/mol. The number of benzene rings is 1. The van der Waals surface area contributed by atoms with Crippen LogP contribution in [0.25, 0.3) is 0 Å². The van der Waals surface area contributed by atoms with Gasteiger partial charge in [-0.3, -0.25) is 4.79 Å². The Morgan fingerprint density at radius 1 is 1.36 bits per heavy atom. The molecule has 1 aliphatic heterocycles. The first-order chi connectivity index (χ1) is 10.4. The molecule has 1 N–H and O–H groups in total. The van der Waals surface area contributed by atoms with Crippen LogP contribution in [-0.4, -0.2) is 59.2 Å². The number of carbonyl (C=O) groups excluding carboxylic acids is 1. The Hall–Kier alpha value is -1.64. The first-order valence-corrected chi connectivity index (χ1v) is 8.42. The van der Waals surface area contributed by atoms with Crippen molar-refractivity contribution in [3.05, 3.63) is 23.8 Å². The molecular formula is C14H20N2O5S. The van der Waals surface area contributed by atoms with Crippen molar-refractivity contribution < 1.29 is 22.7 Å². The number of hydrogen-bond acceptors (Lipinski definition) is 5. The van der Waals surface area contributed by atoms with E-state index in [4.69, 9.17) is 9.47 Å². The lowest BCUT2D eigenvalue weighted by Crippen LogP contribution is -2.45. The van der Waals surface area contributed by atoms with Crippen molar-refractivity contribution in [3.63, 3.8) is 0 Å². The Balaban J connectivity index is 2.03. The molecule has 1 aromatic rings. The predicted molar refractivity (Wildman–Crippen MR) is 80.3 cm³/mol. The van der Waals surface area contributed by atoms with Gasteiger partial charge in [-0.15, -0.1) is 0 Å². The van der Waals surface area contributed by atoms with E-state index >= 15 is 0 Å². The lowest BCUT2D eigenvalue weighted by molar-refractivity contribution is -0.133. The van der Waals surface area contributed by atoms with Crippen LogP contribution in [-0.2, 0) is 19.6 Å². The second-order valence-corrected chi connectivity index (χ2v) is 6.68. The molecule has 8 heteroatoms. The second kappa shape index (κ2) is 7.08. The quantitative estimate of drug-likeness (QED) is 0.831.